The summed E-state index contributed by atoms with van der Waals surface area (Å²) in [5, 5.41) is 2.20. The summed E-state index contributed by atoms with van der Waals surface area (Å²) in [4.78, 5) is 10.5. The van der Waals surface area contributed by atoms with Gasteiger partial charge in [-0.05, 0) is 46.5 Å². The van der Waals surface area contributed by atoms with E-state index in [4.69, 9.17) is 9.97 Å². The van der Waals surface area contributed by atoms with Crippen LogP contribution in [-0.2, 0) is 0 Å². The van der Waals surface area contributed by atoms with Crippen LogP contribution in [0.25, 0.3) is 72.5 Å². The van der Waals surface area contributed by atoms with Crippen molar-refractivity contribution in [1.82, 2.24) is 14.5 Å². The molecule has 2 aromatic heterocycles. The summed E-state index contributed by atoms with van der Waals surface area (Å²) < 4.78 is 2.26. The van der Waals surface area contributed by atoms with Crippen molar-refractivity contribution in [3.63, 3.8) is 0 Å². The highest BCUT2D eigenvalue weighted by atomic mass is 15.1. The van der Waals surface area contributed by atoms with Gasteiger partial charge >= 0.3 is 0 Å². The van der Waals surface area contributed by atoms with Crippen molar-refractivity contribution in [2.45, 2.75) is 0 Å². The second kappa shape index (κ2) is 10.6. The van der Waals surface area contributed by atoms with Crippen molar-refractivity contribution in [1.29, 1.82) is 0 Å². The lowest BCUT2D eigenvalue weighted by Crippen LogP contribution is -1.99. The Morgan fingerprint density at radius 2 is 0.930 bits per heavy atom. The summed E-state index contributed by atoms with van der Waals surface area (Å²) in [5.74, 6) is 0.705. The molecule has 0 spiro atoms. The molecule has 0 unspecified atom stereocenters. The summed E-state index contributed by atoms with van der Waals surface area (Å²) in [6, 6.07) is 57.2. The Kier molecular flexibility index (Phi) is 6.12. The third-order valence-corrected chi connectivity index (χ3v) is 8.02. The van der Waals surface area contributed by atoms with Crippen molar-refractivity contribution in [2.75, 3.05) is 0 Å². The van der Waals surface area contributed by atoms with Gasteiger partial charge in [0.25, 0.3) is 0 Å². The van der Waals surface area contributed by atoms with E-state index in [0.29, 0.717) is 5.82 Å². The van der Waals surface area contributed by atoms with Crippen LogP contribution in [-0.4, -0.2) is 14.5 Å². The quantitative estimate of drug-likeness (QED) is 0.214. The van der Waals surface area contributed by atoms with Crippen LogP contribution in [0.4, 0.5) is 0 Å². The fourth-order valence-corrected chi connectivity index (χ4v) is 5.95. The van der Waals surface area contributed by atoms with Gasteiger partial charge in [-0.1, -0.05) is 140 Å². The van der Waals surface area contributed by atoms with Crippen LogP contribution in [0.5, 0.6) is 0 Å². The van der Waals surface area contributed by atoms with E-state index in [-0.39, 0.29) is 0 Å². The van der Waals surface area contributed by atoms with Gasteiger partial charge in [0.1, 0.15) is 5.65 Å². The van der Waals surface area contributed by atoms with Crippen LogP contribution in [0.1, 0.15) is 0 Å². The molecule has 6 aromatic carbocycles. The molecule has 0 N–H and O–H groups in total. The number of para-hydroxylation sites is 2. The molecular weight excluding hydrogens is 522 g/mol. The van der Waals surface area contributed by atoms with Gasteiger partial charge in [0.05, 0.1) is 16.6 Å². The highest BCUT2D eigenvalue weighted by Crippen LogP contribution is 2.38. The molecule has 0 aliphatic heterocycles. The summed E-state index contributed by atoms with van der Waals surface area (Å²) in [5.41, 5.74) is 10.8. The van der Waals surface area contributed by atoms with Crippen LogP contribution in [0.2, 0.25) is 0 Å². The Bertz CT molecular complexity index is 2200. The third kappa shape index (κ3) is 4.48. The Morgan fingerprint density at radius 3 is 1.63 bits per heavy atom. The van der Waals surface area contributed by atoms with Crippen LogP contribution in [0, 0.1) is 0 Å². The zero-order valence-corrected chi connectivity index (χ0v) is 23.4. The standard InChI is InChI=1S/C40H27N3/c1-4-13-28(14-5-1)32-17-12-18-33(27-32)29-23-25-31(26-24-29)39-41-38(30-15-6-2-7-16-30)37-35-21-10-11-22-36(35)43(40(37)42-39)34-19-8-3-9-20-34/h1-27H. The van der Waals surface area contributed by atoms with E-state index in [0.717, 1.165) is 50.0 Å². The first-order valence-corrected chi connectivity index (χ1v) is 14.5. The molecule has 0 aliphatic rings. The number of fused-ring (bicyclic) bond motifs is 3. The number of aromatic nitrogens is 3. The Balaban J connectivity index is 1.31. The Hall–Kier alpha value is -5.80. The minimum Gasteiger partial charge on any atom is -0.294 e. The summed E-state index contributed by atoms with van der Waals surface area (Å²) in [6.07, 6.45) is 0. The van der Waals surface area contributed by atoms with E-state index in [2.05, 4.69) is 150 Å². The molecule has 43 heavy (non-hydrogen) atoms. The average molecular weight is 550 g/mol. The van der Waals surface area contributed by atoms with E-state index in [1.807, 2.05) is 18.2 Å². The van der Waals surface area contributed by atoms with Crippen molar-refractivity contribution >= 4 is 21.9 Å². The Labute approximate surface area is 250 Å². The zero-order chi connectivity index (χ0) is 28.6. The normalized spacial score (nSPS) is 11.3. The first-order chi connectivity index (χ1) is 21.3. The molecule has 0 saturated carbocycles. The predicted octanol–water partition coefficient (Wildman–Crippen LogP) is 10.2. The van der Waals surface area contributed by atoms with Crippen LogP contribution >= 0.6 is 0 Å². The highest BCUT2D eigenvalue weighted by Gasteiger charge is 2.20. The molecule has 0 bridgehead atoms. The molecule has 0 aliphatic carbocycles. The largest absolute Gasteiger partial charge is 0.294 e. The molecular formula is C40H27N3. The maximum atomic E-state index is 5.25. The lowest BCUT2D eigenvalue weighted by atomic mass is 9.98. The van der Waals surface area contributed by atoms with E-state index in [9.17, 15) is 0 Å². The smallest absolute Gasteiger partial charge is 0.162 e. The van der Waals surface area contributed by atoms with Crippen molar-refractivity contribution in [3.8, 4) is 50.6 Å². The van der Waals surface area contributed by atoms with E-state index in [1.165, 1.54) is 16.7 Å². The van der Waals surface area contributed by atoms with E-state index in [1.54, 1.807) is 0 Å². The predicted molar refractivity (Wildman–Crippen MR) is 178 cm³/mol. The number of hydrogen-bond donors (Lipinski definition) is 0. The Morgan fingerprint density at radius 1 is 0.395 bits per heavy atom. The van der Waals surface area contributed by atoms with Crippen molar-refractivity contribution in [3.05, 3.63) is 164 Å². The van der Waals surface area contributed by atoms with Crippen LogP contribution in [0.3, 0.4) is 0 Å². The van der Waals surface area contributed by atoms with Gasteiger partial charge < -0.3 is 0 Å². The van der Waals surface area contributed by atoms with Gasteiger partial charge in [0.15, 0.2) is 5.82 Å². The lowest BCUT2D eigenvalue weighted by molar-refractivity contribution is 1.11. The van der Waals surface area contributed by atoms with Crippen LogP contribution < -0.4 is 0 Å². The topological polar surface area (TPSA) is 30.7 Å². The van der Waals surface area contributed by atoms with Crippen molar-refractivity contribution < 1.29 is 0 Å². The molecule has 202 valence electrons. The molecule has 8 aromatic rings. The maximum absolute atomic E-state index is 5.25. The van der Waals surface area contributed by atoms with Gasteiger partial charge in [-0.15, -0.1) is 0 Å². The molecule has 0 atom stereocenters. The fraction of sp³-hybridized carbons (Fsp3) is 0. The lowest BCUT2D eigenvalue weighted by Gasteiger charge is -2.11. The molecule has 3 nitrogen and oxygen atoms in total. The number of benzene rings is 6. The number of hydrogen-bond acceptors (Lipinski definition) is 2. The summed E-state index contributed by atoms with van der Waals surface area (Å²) in [7, 11) is 0. The first kappa shape index (κ1) is 25.0. The first-order valence-electron chi connectivity index (χ1n) is 14.5. The summed E-state index contributed by atoms with van der Waals surface area (Å²) in [6.45, 7) is 0. The molecule has 2 heterocycles. The number of nitrogens with zero attached hydrogens (tertiary/aromatic N) is 3. The highest BCUT2D eigenvalue weighted by molar-refractivity contribution is 6.14. The van der Waals surface area contributed by atoms with Crippen molar-refractivity contribution in [2.24, 2.45) is 0 Å². The van der Waals surface area contributed by atoms with Gasteiger partial charge in [-0.2, -0.15) is 0 Å². The van der Waals surface area contributed by atoms with Crippen LogP contribution in [0.15, 0.2) is 164 Å². The monoisotopic (exact) mass is 549 g/mol. The van der Waals surface area contributed by atoms with Gasteiger partial charge in [-0.3, -0.25) is 4.57 Å². The van der Waals surface area contributed by atoms with Gasteiger partial charge in [-0.25, -0.2) is 9.97 Å². The SMILES string of the molecule is c1ccc(-c2cccc(-c3ccc(-c4nc(-c5ccccc5)c5c6ccccc6n(-c6ccccc6)c5n4)cc3)c2)cc1. The molecule has 0 saturated heterocycles. The minimum atomic E-state index is 0.705. The molecule has 3 heteroatoms. The third-order valence-electron chi connectivity index (χ3n) is 8.02. The molecule has 0 fully saturated rings. The molecule has 8 rings (SSSR count). The number of rotatable bonds is 5. The average Bonchev–Trinajstić information content (AvgIpc) is 3.43. The second-order valence-corrected chi connectivity index (χ2v) is 10.7. The maximum Gasteiger partial charge on any atom is 0.162 e. The molecule has 0 amide bonds. The zero-order valence-electron chi connectivity index (χ0n) is 23.4. The van der Waals surface area contributed by atoms with Gasteiger partial charge in [0, 0.05) is 22.2 Å². The fourth-order valence-electron chi connectivity index (χ4n) is 5.95. The minimum absolute atomic E-state index is 0.705. The van der Waals surface area contributed by atoms with E-state index < -0.39 is 0 Å². The van der Waals surface area contributed by atoms with E-state index >= 15 is 0 Å². The summed E-state index contributed by atoms with van der Waals surface area (Å²) >= 11 is 0. The molecule has 0 radical (unpaired) electrons. The second-order valence-electron chi connectivity index (χ2n) is 10.7. The van der Waals surface area contributed by atoms with Gasteiger partial charge in [0.2, 0.25) is 0 Å².